The number of ketones is 1. The van der Waals surface area contributed by atoms with Crippen molar-refractivity contribution in [2.24, 2.45) is 0 Å². The normalized spacial score (nSPS) is 11.2. The summed E-state index contributed by atoms with van der Waals surface area (Å²) in [5.74, 6) is -2.17. The second-order valence-electron chi connectivity index (χ2n) is 7.38. The van der Waals surface area contributed by atoms with E-state index in [4.69, 9.17) is 4.42 Å². The standard InChI is InChI=1S/C23H14FN3O6S/c1-11-2-9-16(33-11)20(28)18-19(12-3-5-13(24)6-4-12)26(22(30)21(18)29)23-25-15-8-7-14(27(31)32)10-17(15)34-23/h2-10,29-30H,1H3. The molecule has 0 saturated carbocycles. The number of nitrogens with zero attached hydrogens (tertiary/aromatic N) is 3. The molecule has 3 heterocycles. The van der Waals surface area contributed by atoms with Gasteiger partial charge >= 0.3 is 0 Å². The van der Waals surface area contributed by atoms with Crippen molar-refractivity contribution in [2.45, 2.75) is 6.92 Å². The zero-order valence-electron chi connectivity index (χ0n) is 17.4. The average Bonchev–Trinajstić information content (AvgIpc) is 3.49. The van der Waals surface area contributed by atoms with Gasteiger partial charge in [-0.05, 0) is 55.0 Å². The minimum atomic E-state index is -0.705. The molecule has 34 heavy (non-hydrogen) atoms. The first-order chi connectivity index (χ1) is 16.2. The van der Waals surface area contributed by atoms with Crippen LogP contribution >= 0.6 is 11.3 Å². The number of nitro benzene ring substituents is 1. The third-order valence-electron chi connectivity index (χ3n) is 5.19. The van der Waals surface area contributed by atoms with Gasteiger partial charge in [-0.25, -0.2) is 9.37 Å². The van der Waals surface area contributed by atoms with Crippen LogP contribution in [0.2, 0.25) is 0 Å². The number of hydrogen-bond acceptors (Lipinski definition) is 8. The van der Waals surface area contributed by atoms with Crippen molar-refractivity contribution in [2.75, 3.05) is 0 Å². The summed E-state index contributed by atoms with van der Waals surface area (Å²) in [6.45, 7) is 1.65. The Morgan fingerprint density at radius 2 is 1.88 bits per heavy atom. The van der Waals surface area contributed by atoms with Gasteiger partial charge < -0.3 is 14.6 Å². The number of benzene rings is 2. The zero-order valence-corrected chi connectivity index (χ0v) is 18.2. The van der Waals surface area contributed by atoms with E-state index in [9.17, 15) is 29.5 Å². The molecule has 170 valence electrons. The molecule has 0 fully saturated rings. The number of hydrogen-bond donors (Lipinski definition) is 2. The Bertz CT molecular complexity index is 1600. The first-order valence-electron chi connectivity index (χ1n) is 9.83. The maximum atomic E-state index is 13.6. The van der Waals surface area contributed by atoms with Crippen molar-refractivity contribution in [1.29, 1.82) is 0 Å². The number of carbonyl (C=O) groups excluding carboxylic acids is 1. The molecule has 2 N–H and O–H groups in total. The van der Waals surface area contributed by atoms with Gasteiger partial charge in [-0.2, -0.15) is 0 Å². The molecule has 0 aliphatic heterocycles. The fraction of sp³-hybridized carbons (Fsp3) is 0.0435. The van der Waals surface area contributed by atoms with E-state index in [1.54, 1.807) is 13.0 Å². The molecule has 0 aliphatic carbocycles. The van der Waals surface area contributed by atoms with E-state index in [1.165, 1.54) is 48.5 Å². The number of aromatic nitrogens is 2. The van der Waals surface area contributed by atoms with E-state index in [0.29, 0.717) is 21.5 Å². The van der Waals surface area contributed by atoms with Crippen molar-refractivity contribution in [3.05, 3.63) is 87.6 Å². The lowest BCUT2D eigenvalue weighted by Crippen LogP contribution is -2.04. The van der Waals surface area contributed by atoms with E-state index < -0.39 is 28.2 Å². The van der Waals surface area contributed by atoms with Gasteiger partial charge in [-0.15, -0.1) is 0 Å². The number of non-ortho nitro benzene ring substituents is 1. The van der Waals surface area contributed by atoms with Crippen molar-refractivity contribution < 1.29 is 28.7 Å². The summed E-state index contributed by atoms with van der Waals surface area (Å²) in [6, 6.07) is 12.3. The molecule has 0 atom stereocenters. The number of thiazole rings is 1. The Hall–Kier alpha value is -4.51. The maximum absolute atomic E-state index is 13.6. The van der Waals surface area contributed by atoms with Crippen molar-refractivity contribution in [3.63, 3.8) is 0 Å². The van der Waals surface area contributed by atoms with Crippen LogP contribution in [0.5, 0.6) is 11.6 Å². The molecule has 11 heteroatoms. The maximum Gasteiger partial charge on any atom is 0.270 e. The van der Waals surface area contributed by atoms with Gasteiger partial charge in [0, 0.05) is 12.1 Å². The van der Waals surface area contributed by atoms with Crippen LogP contribution in [0.4, 0.5) is 10.1 Å². The number of furan rings is 1. The second kappa shape index (κ2) is 7.81. The van der Waals surface area contributed by atoms with Crippen LogP contribution in [0.25, 0.3) is 26.6 Å². The van der Waals surface area contributed by atoms with Crippen LogP contribution in [-0.2, 0) is 0 Å². The monoisotopic (exact) mass is 479 g/mol. The smallest absolute Gasteiger partial charge is 0.270 e. The quantitative estimate of drug-likeness (QED) is 0.197. The molecule has 0 saturated heterocycles. The fourth-order valence-corrected chi connectivity index (χ4v) is 4.63. The summed E-state index contributed by atoms with van der Waals surface area (Å²) >= 11 is 1.01. The predicted octanol–water partition coefficient (Wildman–Crippen LogP) is 5.34. The van der Waals surface area contributed by atoms with Crippen molar-refractivity contribution >= 4 is 33.0 Å². The van der Waals surface area contributed by atoms with E-state index >= 15 is 0 Å². The third-order valence-corrected chi connectivity index (χ3v) is 6.20. The Morgan fingerprint density at radius 1 is 1.15 bits per heavy atom. The number of fused-ring (bicyclic) bond motifs is 1. The summed E-state index contributed by atoms with van der Waals surface area (Å²) < 4.78 is 20.7. The molecule has 3 aromatic heterocycles. The highest BCUT2D eigenvalue weighted by Gasteiger charge is 2.32. The molecule has 0 radical (unpaired) electrons. The van der Waals surface area contributed by atoms with Crippen LogP contribution in [0.15, 0.2) is 59.0 Å². The highest BCUT2D eigenvalue weighted by molar-refractivity contribution is 7.20. The molecule has 0 spiro atoms. The Balaban J connectivity index is 1.79. The molecular formula is C23H14FN3O6S. The van der Waals surface area contributed by atoms with Crippen LogP contribution in [0.3, 0.4) is 0 Å². The summed E-state index contributed by atoms with van der Waals surface area (Å²) in [5.41, 5.74) is 0.392. The number of halogens is 1. The van der Waals surface area contributed by atoms with E-state index in [0.717, 1.165) is 15.9 Å². The molecule has 0 aliphatic rings. The highest BCUT2D eigenvalue weighted by Crippen LogP contribution is 2.45. The second-order valence-corrected chi connectivity index (χ2v) is 8.39. The molecule has 0 bridgehead atoms. The van der Waals surface area contributed by atoms with Crippen LogP contribution < -0.4 is 0 Å². The number of rotatable bonds is 5. The van der Waals surface area contributed by atoms with Gasteiger partial charge in [-0.3, -0.25) is 19.5 Å². The number of aryl methyl sites for hydroxylation is 1. The van der Waals surface area contributed by atoms with E-state index in [2.05, 4.69) is 4.98 Å². The van der Waals surface area contributed by atoms with Gasteiger partial charge in [0.15, 0.2) is 16.6 Å². The lowest BCUT2D eigenvalue weighted by molar-refractivity contribution is -0.384. The predicted molar refractivity (Wildman–Crippen MR) is 121 cm³/mol. The number of aromatic hydroxyl groups is 2. The Morgan fingerprint density at radius 3 is 2.53 bits per heavy atom. The molecule has 0 amide bonds. The van der Waals surface area contributed by atoms with Crippen LogP contribution in [0, 0.1) is 22.9 Å². The molecule has 2 aromatic carbocycles. The van der Waals surface area contributed by atoms with Gasteiger partial charge in [0.05, 0.1) is 26.4 Å². The first-order valence-corrected chi connectivity index (χ1v) is 10.7. The summed E-state index contributed by atoms with van der Waals surface area (Å²) in [6.07, 6.45) is 0. The van der Waals surface area contributed by atoms with Crippen LogP contribution in [0.1, 0.15) is 21.9 Å². The number of carbonyl (C=O) groups is 1. The van der Waals surface area contributed by atoms with Gasteiger partial charge in [0.25, 0.3) is 5.69 Å². The first kappa shape index (κ1) is 21.3. The Kier molecular flexibility index (Phi) is 4.91. The topological polar surface area (TPSA) is 132 Å². The minimum absolute atomic E-state index is 0.0580. The van der Waals surface area contributed by atoms with E-state index in [-0.39, 0.29) is 27.8 Å². The van der Waals surface area contributed by atoms with Gasteiger partial charge in [0.2, 0.25) is 11.7 Å². The van der Waals surface area contributed by atoms with E-state index in [1.807, 2.05) is 0 Å². The highest BCUT2D eigenvalue weighted by atomic mass is 32.1. The SMILES string of the molecule is Cc1ccc(C(=O)c2c(O)c(O)n(-c3nc4ccc([N+](=O)[O-])cc4s3)c2-c2ccc(F)cc2)o1. The van der Waals surface area contributed by atoms with Gasteiger partial charge in [-0.1, -0.05) is 11.3 Å². The van der Waals surface area contributed by atoms with Crippen molar-refractivity contribution in [3.8, 4) is 28.0 Å². The summed E-state index contributed by atoms with van der Waals surface area (Å²) in [4.78, 5) is 28.3. The fourth-order valence-electron chi connectivity index (χ4n) is 3.62. The lowest BCUT2D eigenvalue weighted by atomic mass is 10.0. The molecule has 0 unspecified atom stereocenters. The minimum Gasteiger partial charge on any atom is -0.503 e. The molecular weight excluding hydrogens is 465 g/mol. The average molecular weight is 479 g/mol. The van der Waals surface area contributed by atoms with Gasteiger partial charge in [0.1, 0.15) is 11.6 Å². The molecule has 9 nitrogen and oxygen atoms in total. The lowest BCUT2D eigenvalue weighted by Gasteiger charge is -2.09. The largest absolute Gasteiger partial charge is 0.503 e. The third kappa shape index (κ3) is 3.39. The molecule has 5 aromatic rings. The molecule has 5 rings (SSSR count). The summed E-state index contributed by atoms with van der Waals surface area (Å²) in [7, 11) is 0. The zero-order chi connectivity index (χ0) is 24.1. The Labute approximate surface area is 194 Å². The van der Waals surface area contributed by atoms with Crippen molar-refractivity contribution in [1.82, 2.24) is 9.55 Å². The number of nitro groups is 1. The summed E-state index contributed by atoms with van der Waals surface area (Å²) in [5, 5.41) is 32.9. The van der Waals surface area contributed by atoms with Crippen LogP contribution in [-0.4, -0.2) is 30.5 Å².